The van der Waals surface area contributed by atoms with E-state index in [1.165, 1.54) is 30.3 Å². The molecule has 23 heavy (non-hydrogen) atoms. The molecule has 2 aromatic carbocycles. The largest absolute Gasteiger partial charge is 0.280 e. The Bertz CT molecular complexity index is 830. The molecule has 0 aliphatic rings. The Morgan fingerprint density at radius 2 is 1.70 bits per heavy atom. The van der Waals surface area contributed by atoms with Gasteiger partial charge in [-0.1, -0.05) is 30.3 Å². The van der Waals surface area contributed by atoms with Crippen LogP contribution in [0.15, 0.2) is 60.7 Å². The molecule has 7 heteroatoms. The summed E-state index contributed by atoms with van der Waals surface area (Å²) >= 11 is 0. The molecule has 0 saturated carbocycles. The summed E-state index contributed by atoms with van der Waals surface area (Å²) in [4.78, 5) is 10.1. The van der Waals surface area contributed by atoms with Crippen LogP contribution in [0, 0.1) is 10.1 Å². The van der Waals surface area contributed by atoms with Crippen LogP contribution in [0.4, 0.5) is 14.5 Å². The summed E-state index contributed by atoms with van der Waals surface area (Å²) in [5.74, 6) is 0. The summed E-state index contributed by atoms with van der Waals surface area (Å²) in [5, 5.41) is 14.9. The van der Waals surface area contributed by atoms with Gasteiger partial charge in [-0.2, -0.15) is 5.10 Å². The zero-order valence-corrected chi connectivity index (χ0v) is 11.8. The van der Waals surface area contributed by atoms with Gasteiger partial charge in [-0.25, -0.2) is 13.5 Å². The van der Waals surface area contributed by atoms with E-state index in [0.29, 0.717) is 11.4 Å². The van der Waals surface area contributed by atoms with Crippen LogP contribution in [-0.4, -0.2) is 14.7 Å². The number of hydrogen-bond acceptors (Lipinski definition) is 3. The number of halogens is 2. The van der Waals surface area contributed by atoms with E-state index in [1.54, 1.807) is 24.3 Å². The van der Waals surface area contributed by atoms with Gasteiger partial charge in [0.15, 0.2) is 0 Å². The van der Waals surface area contributed by atoms with Crippen molar-refractivity contribution in [1.82, 2.24) is 9.78 Å². The highest BCUT2D eigenvalue weighted by atomic mass is 19.3. The lowest BCUT2D eigenvalue weighted by atomic mass is 10.1. The average molecular weight is 315 g/mol. The van der Waals surface area contributed by atoms with Crippen LogP contribution in [-0.2, 0) is 0 Å². The fourth-order valence-electron chi connectivity index (χ4n) is 2.22. The molecular formula is C16H11F2N3O2. The molecule has 0 aliphatic heterocycles. The average Bonchev–Trinajstić information content (AvgIpc) is 3.01. The van der Waals surface area contributed by atoms with Crippen molar-refractivity contribution in [2.75, 3.05) is 0 Å². The zero-order valence-electron chi connectivity index (χ0n) is 11.8. The molecule has 0 amide bonds. The maximum atomic E-state index is 13.3. The third kappa shape index (κ3) is 2.94. The quantitative estimate of drug-likeness (QED) is 0.530. The number of nitro benzene ring substituents is 1. The first-order valence-corrected chi connectivity index (χ1v) is 6.74. The molecule has 0 aliphatic carbocycles. The SMILES string of the molecule is O=[N+]([O-])c1ccc(-n2nc(-c3ccccc3)cc2C(F)F)cc1. The van der Waals surface area contributed by atoms with Crippen molar-refractivity contribution in [2.24, 2.45) is 0 Å². The fourth-order valence-corrected chi connectivity index (χ4v) is 2.22. The number of hydrogen-bond donors (Lipinski definition) is 0. The number of rotatable bonds is 4. The minimum absolute atomic E-state index is 0.109. The molecule has 1 aromatic heterocycles. The Kier molecular flexibility index (Phi) is 3.84. The molecular weight excluding hydrogens is 304 g/mol. The Morgan fingerprint density at radius 3 is 2.26 bits per heavy atom. The van der Waals surface area contributed by atoms with Crippen LogP contribution in [0.5, 0.6) is 0 Å². The van der Waals surface area contributed by atoms with E-state index in [4.69, 9.17) is 0 Å². The van der Waals surface area contributed by atoms with Gasteiger partial charge < -0.3 is 0 Å². The molecule has 0 N–H and O–H groups in total. The van der Waals surface area contributed by atoms with Gasteiger partial charge in [0.1, 0.15) is 5.69 Å². The summed E-state index contributed by atoms with van der Waals surface area (Å²) in [6.45, 7) is 0. The standard InChI is InChI=1S/C16H11F2N3O2/c17-16(18)15-10-14(11-4-2-1-3-5-11)19-20(15)12-6-8-13(9-7-12)21(22)23/h1-10,16H. The van der Waals surface area contributed by atoms with Crippen molar-refractivity contribution >= 4 is 5.69 Å². The predicted octanol–water partition coefficient (Wildman–Crippen LogP) is 4.39. The number of non-ortho nitro benzene ring substituents is 1. The van der Waals surface area contributed by atoms with Crippen LogP contribution < -0.4 is 0 Å². The minimum Gasteiger partial charge on any atom is -0.258 e. The smallest absolute Gasteiger partial charge is 0.258 e. The third-order valence-corrected chi connectivity index (χ3v) is 3.34. The lowest BCUT2D eigenvalue weighted by Crippen LogP contribution is -2.02. The molecule has 0 spiro atoms. The van der Waals surface area contributed by atoms with E-state index in [-0.39, 0.29) is 11.4 Å². The first-order chi connectivity index (χ1) is 11.1. The lowest BCUT2D eigenvalue weighted by molar-refractivity contribution is -0.384. The number of benzene rings is 2. The van der Waals surface area contributed by atoms with E-state index < -0.39 is 11.3 Å². The van der Waals surface area contributed by atoms with Crippen molar-refractivity contribution in [3.8, 4) is 16.9 Å². The summed E-state index contributed by atoms with van der Waals surface area (Å²) in [6.07, 6.45) is -2.71. The van der Waals surface area contributed by atoms with Gasteiger partial charge in [0.2, 0.25) is 0 Å². The second-order valence-electron chi connectivity index (χ2n) is 4.81. The van der Waals surface area contributed by atoms with Crippen molar-refractivity contribution in [1.29, 1.82) is 0 Å². The molecule has 0 atom stereocenters. The summed E-state index contributed by atoms with van der Waals surface area (Å²) < 4.78 is 27.7. The van der Waals surface area contributed by atoms with E-state index in [9.17, 15) is 18.9 Å². The normalized spacial score (nSPS) is 10.9. The summed E-state index contributed by atoms with van der Waals surface area (Å²) in [7, 11) is 0. The number of alkyl halides is 2. The molecule has 116 valence electrons. The molecule has 0 bridgehead atoms. The van der Waals surface area contributed by atoms with E-state index in [0.717, 1.165) is 10.2 Å². The van der Waals surface area contributed by atoms with Crippen LogP contribution in [0.3, 0.4) is 0 Å². The van der Waals surface area contributed by atoms with Crippen LogP contribution >= 0.6 is 0 Å². The molecule has 0 saturated heterocycles. The van der Waals surface area contributed by atoms with E-state index in [1.807, 2.05) is 6.07 Å². The number of aromatic nitrogens is 2. The second kappa shape index (κ2) is 5.96. The monoisotopic (exact) mass is 315 g/mol. The highest BCUT2D eigenvalue weighted by Crippen LogP contribution is 2.28. The van der Waals surface area contributed by atoms with Gasteiger partial charge >= 0.3 is 0 Å². The second-order valence-corrected chi connectivity index (χ2v) is 4.81. The Balaban J connectivity index is 2.07. The topological polar surface area (TPSA) is 61.0 Å². The molecule has 3 rings (SSSR count). The molecule has 0 fully saturated rings. The first kappa shape index (κ1) is 14.8. The molecule has 0 radical (unpaired) electrons. The van der Waals surface area contributed by atoms with E-state index in [2.05, 4.69) is 5.10 Å². The van der Waals surface area contributed by atoms with Gasteiger partial charge in [0, 0.05) is 17.7 Å². The Labute approximate surface area is 130 Å². The Hall–Kier alpha value is -3.09. The predicted molar refractivity (Wildman–Crippen MR) is 80.6 cm³/mol. The molecule has 0 unspecified atom stereocenters. The van der Waals surface area contributed by atoms with Crippen molar-refractivity contribution < 1.29 is 13.7 Å². The molecule has 5 nitrogen and oxygen atoms in total. The maximum absolute atomic E-state index is 13.3. The fraction of sp³-hybridized carbons (Fsp3) is 0.0625. The highest BCUT2D eigenvalue weighted by Gasteiger charge is 2.19. The third-order valence-electron chi connectivity index (χ3n) is 3.34. The number of nitrogens with zero attached hydrogens (tertiary/aromatic N) is 3. The zero-order chi connectivity index (χ0) is 16.4. The molecule has 1 heterocycles. The highest BCUT2D eigenvalue weighted by molar-refractivity contribution is 5.60. The van der Waals surface area contributed by atoms with Gasteiger partial charge in [0.25, 0.3) is 12.1 Å². The van der Waals surface area contributed by atoms with Gasteiger partial charge in [-0.15, -0.1) is 0 Å². The summed E-state index contributed by atoms with van der Waals surface area (Å²) in [6, 6.07) is 15.6. The van der Waals surface area contributed by atoms with Crippen molar-refractivity contribution in [3.05, 3.63) is 76.5 Å². The number of nitro groups is 1. The van der Waals surface area contributed by atoms with Crippen molar-refractivity contribution in [2.45, 2.75) is 6.43 Å². The first-order valence-electron chi connectivity index (χ1n) is 6.74. The Morgan fingerprint density at radius 1 is 1.04 bits per heavy atom. The minimum atomic E-state index is -2.71. The van der Waals surface area contributed by atoms with E-state index >= 15 is 0 Å². The van der Waals surface area contributed by atoms with Gasteiger partial charge in [-0.3, -0.25) is 10.1 Å². The van der Waals surface area contributed by atoms with Crippen LogP contribution in [0.2, 0.25) is 0 Å². The van der Waals surface area contributed by atoms with Gasteiger partial charge in [-0.05, 0) is 18.2 Å². The van der Waals surface area contributed by atoms with Crippen molar-refractivity contribution in [3.63, 3.8) is 0 Å². The maximum Gasteiger partial charge on any atom is 0.280 e. The lowest BCUT2D eigenvalue weighted by Gasteiger charge is -2.06. The van der Waals surface area contributed by atoms with Gasteiger partial charge in [0.05, 0.1) is 16.3 Å². The van der Waals surface area contributed by atoms with Crippen LogP contribution in [0.1, 0.15) is 12.1 Å². The van der Waals surface area contributed by atoms with Crippen LogP contribution in [0.25, 0.3) is 16.9 Å². The summed E-state index contributed by atoms with van der Waals surface area (Å²) in [5.41, 5.74) is 1.10. The molecule has 3 aromatic rings.